The molecule has 0 fully saturated rings. The Kier molecular flexibility index (Phi) is 3.91. The lowest BCUT2D eigenvalue weighted by Gasteiger charge is -2.33. The minimum absolute atomic E-state index is 0.0161. The van der Waals surface area contributed by atoms with Gasteiger partial charge >= 0.3 is 6.09 Å². The van der Waals surface area contributed by atoms with Crippen LogP contribution in [0.4, 0.5) is 4.79 Å². The summed E-state index contributed by atoms with van der Waals surface area (Å²) in [6.45, 7) is 0. The molecule has 2 unspecified atom stereocenters. The van der Waals surface area contributed by atoms with Gasteiger partial charge in [-0.05, 0) is 36.0 Å². The quantitative estimate of drug-likeness (QED) is 0.903. The number of fused-ring (bicyclic) bond motifs is 1. The second-order valence-corrected chi connectivity index (χ2v) is 5.59. The van der Waals surface area contributed by atoms with Crippen LogP contribution in [0, 0.1) is 0 Å². The molecule has 3 nitrogen and oxygen atoms in total. The highest BCUT2D eigenvalue weighted by atomic mass is 16.4. The standard InChI is InChI=1S/C18H19NO2/c20-18(21)19-17-11-10-14-8-4-5-9-15(14)16(17)12-13-6-2-1-3-7-13/h1-9,16-17,19H,10-12H2,(H,20,21). The average Bonchev–Trinajstić information content (AvgIpc) is 2.50. The van der Waals surface area contributed by atoms with E-state index in [1.165, 1.54) is 16.7 Å². The van der Waals surface area contributed by atoms with Crippen molar-refractivity contribution >= 4 is 6.09 Å². The Balaban J connectivity index is 1.92. The van der Waals surface area contributed by atoms with Gasteiger partial charge in [-0.2, -0.15) is 0 Å². The third kappa shape index (κ3) is 3.07. The molecule has 3 rings (SSSR count). The van der Waals surface area contributed by atoms with Gasteiger partial charge in [-0.3, -0.25) is 0 Å². The van der Waals surface area contributed by atoms with Gasteiger partial charge in [0.25, 0.3) is 0 Å². The van der Waals surface area contributed by atoms with Crippen molar-refractivity contribution in [3.63, 3.8) is 0 Å². The Bertz CT molecular complexity index is 624. The van der Waals surface area contributed by atoms with E-state index in [0.29, 0.717) is 0 Å². The molecule has 0 bridgehead atoms. The SMILES string of the molecule is O=C(O)NC1CCc2ccccc2C1Cc1ccccc1. The lowest BCUT2D eigenvalue weighted by molar-refractivity contribution is 0.185. The topological polar surface area (TPSA) is 49.3 Å². The fourth-order valence-electron chi connectivity index (χ4n) is 3.30. The molecule has 108 valence electrons. The first kappa shape index (κ1) is 13.7. The maximum absolute atomic E-state index is 11.1. The Morgan fingerprint density at radius 1 is 1.10 bits per heavy atom. The van der Waals surface area contributed by atoms with Gasteiger partial charge in [-0.15, -0.1) is 0 Å². The van der Waals surface area contributed by atoms with E-state index < -0.39 is 6.09 Å². The van der Waals surface area contributed by atoms with Gasteiger partial charge in [-0.1, -0.05) is 54.6 Å². The minimum atomic E-state index is -0.933. The monoisotopic (exact) mass is 281 g/mol. The highest BCUT2D eigenvalue weighted by Gasteiger charge is 2.30. The summed E-state index contributed by atoms with van der Waals surface area (Å²) in [5.74, 6) is 0.202. The summed E-state index contributed by atoms with van der Waals surface area (Å²) in [4.78, 5) is 11.1. The van der Waals surface area contributed by atoms with Gasteiger partial charge in [0.2, 0.25) is 0 Å². The van der Waals surface area contributed by atoms with Crippen LogP contribution in [0.25, 0.3) is 0 Å². The van der Waals surface area contributed by atoms with Crippen molar-refractivity contribution in [2.75, 3.05) is 0 Å². The summed E-state index contributed by atoms with van der Waals surface area (Å²) in [7, 11) is 0. The van der Waals surface area contributed by atoms with E-state index in [4.69, 9.17) is 5.11 Å². The molecule has 1 aliphatic rings. The maximum atomic E-state index is 11.1. The third-order valence-corrected chi connectivity index (χ3v) is 4.27. The first-order chi connectivity index (χ1) is 10.2. The van der Waals surface area contributed by atoms with E-state index in [1.54, 1.807) is 0 Å². The van der Waals surface area contributed by atoms with Crippen LogP contribution >= 0.6 is 0 Å². The Morgan fingerprint density at radius 3 is 2.57 bits per heavy atom. The molecule has 0 saturated heterocycles. The number of carboxylic acid groups (broad SMARTS) is 1. The van der Waals surface area contributed by atoms with Crippen LogP contribution in [-0.4, -0.2) is 17.2 Å². The third-order valence-electron chi connectivity index (χ3n) is 4.27. The van der Waals surface area contributed by atoms with Crippen LogP contribution in [-0.2, 0) is 12.8 Å². The molecule has 3 heteroatoms. The van der Waals surface area contributed by atoms with Gasteiger partial charge in [0.05, 0.1) is 0 Å². The van der Waals surface area contributed by atoms with Gasteiger partial charge in [0, 0.05) is 12.0 Å². The molecule has 0 aliphatic heterocycles. The smallest absolute Gasteiger partial charge is 0.404 e. The van der Waals surface area contributed by atoms with Gasteiger partial charge < -0.3 is 10.4 Å². The number of amides is 1. The molecule has 2 atom stereocenters. The molecular weight excluding hydrogens is 262 g/mol. The summed E-state index contributed by atoms with van der Waals surface area (Å²) in [5.41, 5.74) is 3.88. The highest BCUT2D eigenvalue weighted by Crippen LogP contribution is 2.34. The second kappa shape index (κ2) is 6.00. The largest absolute Gasteiger partial charge is 0.465 e. The van der Waals surface area contributed by atoms with Crippen LogP contribution in [0.1, 0.15) is 29.0 Å². The zero-order valence-corrected chi connectivity index (χ0v) is 11.8. The predicted octanol–water partition coefficient (Wildman–Crippen LogP) is 3.60. The molecule has 2 aromatic carbocycles. The van der Waals surface area contributed by atoms with E-state index >= 15 is 0 Å². The summed E-state index contributed by atoms with van der Waals surface area (Å²) in [5, 5.41) is 11.8. The van der Waals surface area contributed by atoms with Gasteiger partial charge in [0.1, 0.15) is 0 Å². The van der Waals surface area contributed by atoms with Crippen molar-refractivity contribution in [2.24, 2.45) is 0 Å². The fourth-order valence-corrected chi connectivity index (χ4v) is 3.30. The lowest BCUT2D eigenvalue weighted by atomic mass is 9.76. The second-order valence-electron chi connectivity index (χ2n) is 5.59. The molecule has 1 amide bonds. The van der Waals surface area contributed by atoms with Crippen LogP contribution < -0.4 is 5.32 Å². The predicted molar refractivity (Wildman–Crippen MR) is 82.6 cm³/mol. The highest BCUT2D eigenvalue weighted by molar-refractivity contribution is 5.65. The van der Waals surface area contributed by atoms with E-state index in [9.17, 15) is 4.79 Å². The van der Waals surface area contributed by atoms with Crippen molar-refractivity contribution in [3.05, 3.63) is 71.3 Å². The number of rotatable bonds is 3. The van der Waals surface area contributed by atoms with Crippen LogP contribution in [0.5, 0.6) is 0 Å². The minimum Gasteiger partial charge on any atom is -0.465 e. The Morgan fingerprint density at radius 2 is 1.81 bits per heavy atom. The number of benzene rings is 2. The van der Waals surface area contributed by atoms with Crippen molar-refractivity contribution < 1.29 is 9.90 Å². The van der Waals surface area contributed by atoms with E-state index in [-0.39, 0.29) is 12.0 Å². The lowest BCUT2D eigenvalue weighted by Crippen LogP contribution is -2.42. The zero-order chi connectivity index (χ0) is 14.7. The van der Waals surface area contributed by atoms with Crippen LogP contribution in [0.2, 0.25) is 0 Å². The Labute approximate surface area is 124 Å². The molecule has 2 N–H and O–H groups in total. The molecule has 0 spiro atoms. The summed E-state index contributed by atoms with van der Waals surface area (Å²) in [6, 6.07) is 18.7. The van der Waals surface area contributed by atoms with Gasteiger partial charge in [-0.25, -0.2) is 4.79 Å². The first-order valence-corrected chi connectivity index (χ1v) is 7.35. The van der Waals surface area contributed by atoms with Crippen molar-refractivity contribution in [1.29, 1.82) is 0 Å². The molecule has 0 saturated carbocycles. The first-order valence-electron chi connectivity index (χ1n) is 7.35. The number of aryl methyl sites for hydroxylation is 1. The van der Waals surface area contributed by atoms with Crippen LogP contribution in [0.3, 0.4) is 0 Å². The molecule has 21 heavy (non-hydrogen) atoms. The van der Waals surface area contributed by atoms with E-state index in [0.717, 1.165) is 19.3 Å². The summed E-state index contributed by atoms with van der Waals surface area (Å²) < 4.78 is 0. The van der Waals surface area contributed by atoms with E-state index in [2.05, 4.69) is 35.6 Å². The summed E-state index contributed by atoms with van der Waals surface area (Å²) >= 11 is 0. The van der Waals surface area contributed by atoms with Crippen LogP contribution in [0.15, 0.2) is 54.6 Å². The number of hydrogen-bond acceptors (Lipinski definition) is 1. The molecule has 0 aromatic heterocycles. The van der Waals surface area contributed by atoms with Crippen molar-refractivity contribution in [2.45, 2.75) is 31.2 Å². The van der Waals surface area contributed by atoms with Crippen molar-refractivity contribution in [1.82, 2.24) is 5.32 Å². The van der Waals surface area contributed by atoms with Gasteiger partial charge in [0.15, 0.2) is 0 Å². The number of carbonyl (C=O) groups is 1. The molecule has 2 aromatic rings. The number of hydrogen-bond donors (Lipinski definition) is 2. The normalized spacial score (nSPS) is 20.6. The zero-order valence-electron chi connectivity index (χ0n) is 11.8. The number of nitrogens with one attached hydrogen (secondary N) is 1. The molecule has 1 aliphatic carbocycles. The fraction of sp³-hybridized carbons (Fsp3) is 0.278. The van der Waals surface area contributed by atoms with E-state index in [1.807, 2.05) is 24.3 Å². The average molecular weight is 281 g/mol. The summed E-state index contributed by atoms with van der Waals surface area (Å²) in [6.07, 6.45) is 1.73. The van der Waals surface area contributed by atoms with Crippen molar-refractivity contribution in [3.8, 4) is 0 Å². The Hall–Kier alpha value is -2.29. The molecule has 0 radical (unpaired) electrons. The molecule has 0 heterocycles. The maximum Gasteiger partial charge on any atom is 0.404 e. The molecular formula is C18H19NO2.